The number of nitrogens with one attached hydrogen (secondary N) is 2. The minimum atomic E-state index is -1.22. The highest BCUT2D eigenvalue weighted by Crippen LogP contribution is 2.28. The highest BCUT2D eigenvalue weighted by molar-refractivity contribution is 5.82. The second kappa shape index (κ2) is 9.20. The van der Waals surface area contributed by atoms with Gasteiger partial charge >= 0.3 is 18.0 Å². The highest BCUT2D eigenvalue weighted by Gasteiger charge is 2.20. The first-order chi connectivity index (χ1) is 9.99. The maximum atomic E-state index is 11.6. The van der Waals surface area contributed by atoms with Crippen LogP contribution in [0.2, 0.25) is 0 Å². The second-order valence-electron chi connectivity index (χ2n) is 5.52. The van der Waals surface area contributed by atoms with Gasteiger partial charge in [-0.25, -0.2) is 9.59 Å². The molecule has 0 aromatic rings. The van der Waals surface area contributed by atoms with Crippen molar-refractivity contribution in [3.63, 3.8) is 0 Å². The van der Waals surface area contributed by atoms with E-state index in [2.05, 4.69) is 10.6 Å². The van der Waals surface area contributed by atoms with Crippen LogP contribution in [0, 0.1) is 5.92 Å². The van der Waals surface area contributed by atoms with Gasteiger partial charge in [0.25, 0.3) is 0 Å². The number of urea groups is 1. The number of amides is 2. The van der Waals surface area contributed by atoms with Crippen LogP contribution >= 0.6 is 0 Å². The van der Waals surface area contributed by atoms with Gasteiger partial charge in [0.1, 0.15) is 6.04 Å². The second-order valence-corrected chi connectivity index (χ2v) is 5.52. The molecule has 1 saturated carbocycles. The van der Waals surface area contributed by atoms with E-state index >= 15 is 0 Å². The Labute approximate surface area is 124 Å². The van der Waals surface area contributed by atoms with Gasteiger partial charge < -0.3 is 20.8 Å². The van der Waals surface area contributed by atoms with E-state index in [4.69, 9.17) is 10.2 Å². The Morgan fingerprint density at radius 1 is 1.14 bits per heavy atom. The molecular formula is C14H24N2O5. The number of hydrogen-bond donors (Lipinski definition) is 4. The van der Waals surface area contributed by atoms with Crippen LogP contribution in [-0.2, 0) is 9.59 Å². The molecule has 0 aromatic carbocycles. The van der Waals surface area contributed by atoms with Crippen molar-refractivity contribution in [1.82, 2.24) is 10.6 Å². The molecular weight excluding hydrogens is 276 g/mol. The van der Waals surface area contributed by atoms with Crippen LogP contribution < -0.4 is 10.6 Å². The Hall–Kier alpha value is -1.79. The van der Waals surface area contributed by atoms with Crippen molar-refractivity contribution in [3.05, 3.63) is 0 Å². The monoisotopic (exact) mass is 300 g/mol. The van der Waals surface area contributed by atoms with E-state index < -0.39 is 24.0 Å². The molecule has 0 aromatic heterocycles. The maximum absolute atomic E-state index is 11.6. The average molecular weight is 300 g/mol. The normalized spacial score (nSPS) is 16.4. The van der Waals surface area contributed by atoms with Crippen molar-refractivity contribution in [3.8, 4) is 0 Å². The molecule has 0 aliphatic heterocycles. The number of carbonyl (C=O) groups excluding carboxylic acids is 1. The average Bonchev–Trinajstić information content (AvgIpc) is 2.92. The summed E-state index contributed by atoms with van der Waals surface area (Å²) in [6.07, 6.45) is 6.67. The third-order valence-electron chi connectivity index (χ3n) is 3.80. The van der Waals surface area contributed by atoms with Gasteiger partial charge in [0.2, 0.25) is 0 Å². The van der Waals surface area contributed by atoms with Crippen LogP contribution in [0.3, 0.4) is 0 Å². The predicted molar refractivity (Wildman–Crippen MR) is 76.0 cm³/mol. The first kappa shape index (κ1) is 17.3. The van der Waals surface area contributed by atoms with Crippen molar-refractivity contribution in [1.29, 1.82) is 0 Å². The Morgan fingerprint density at radius 3 is 2.38 bits per heavy atom. The molecule has 1 unspecified atom stereocenters. The minimum Gasteiger partial charge on any atom is -0.481 e. The number of hydrogen-bond acceptors (Lipinski definition) is 3. The lowest BCUT2D eigenvalue weighted by Gasteiger charge is -2.14. The summed E-state index contributed by atoms with van der Waals surface area (Å²) in [5, 5.41) is 22.4. The molecule has 1 aliphatic rings. The van der Waals surface area contributed by atoms with Crippen molar-refractivity contribution >= 4 is 18.0 Å². The summed E-state index contributed by atoms with van der Waals surface area (Å²) < 4.78 is 0. The van der Waals surface area contributed by atoms with E-state index in [1.54, 1.807) is 0 Å². The van der Waals surface area contributed by atoms with Gasteiger partial charge in [-0.3, -0.25) is 4.79 Å². The third-order valence-corrected chi connectivity index (χ3v) is 3.80. The fourth-order valence-corrected chi connectivity index (χ4v) is 2.63. The maximum Gasteiger partial charge on any atom is 0.326 e. The van der Waals surface area contributed by atoms with E-state index in [0.717, 1.165) is 18.8 Å². The van der Waals surface area contributed by atoms with Gasteiger partial charge in [-0.15, -0.1) is 0 Å². The van der Waals surface area contributed by atoms with E-state index in [9.17, 15) is 14.4 Å². The lowest BCUT2D eigenvalue weighted by molar-refractivity contribution is -0.140. The molecule has 21 heavy (non-hydrogen) atoms. The molecule has 0 radical (unpaired) electrons. The van der Waals surface area contributed by atoms with Gasteiger partial charge in [0.05, 0.1) is 0 Å². The number of carboxylic acids is 2. The first-order valence-electron chi connectivity index (χ1n) is 7.48. The predicted octanol–water partition coefficient (Wildman–Crippen LogP) is 1.57. The molecule has 7 nitrogen and oxygen atoms in total. The number of carboxylic acid groups (broad SMARTS) is 2. The quantitative estimate of drug-likeness (QED) is 0.482. The Bertz CT molecular complexity index is 366. The fourth-order valence-electron chi connectivity index (χ4n) is 2.63. The molecule has 1 atom stereocenters. The molecule has 1 aliphatic carbocycles. The molecule has 0 saturated heterocycles. The molecule has 4 N–H and O–H groups in total. The zero-order chi connectivity index (χ0) is 15.7. The van der Waals surface area contributed by atoms with Gasteiger partial charge in [-0.05, 0) is 25.2 Å². The summed E-state index contributed by atoms with van der Waals surface area (Å²) >= 11 is 0. The molecule has 0 bridgehead atoms. The molecule has 7 heteroatoms. The van der Waals surface area contributed by atoms with Crippen LogP contribution in [0.4, 0.5) is 4.79 Å². The first-order valence-corrected chi connectivity index (χ1v) is 7.48. The molecule has 1 rings (SSSR count). The molecule has 0 heterocycles. The van der Waals surface area contributed by atoms with Gasteiger partial charge in [-0.1, -0.05) is 25.7 Å². The van der Waals surface area contributed by atoms with Gasteiger partial charge in [-0.2, -0.15) is 0 Å². The summed E-state index contributed by atoms with van der Waals surface area (Å²) in [5.41, 5.74) is 0. The summed E-state index contributed by atoms with van der Waals surface area (Å²) in [7, 11) is 0. The van der Waals surface area contributed by atoms with Crippen LogP contribution in [0.15, 0.2) is 0 Å². The SMILES string of the molecule is O=C(O)CCC(NC(=O)NCCCC1CCCC1)C(=O)O. The number of carbonyl (C=O) groups is 3. The van der Waals surface area contributed by atoms with Crippen LogP contribution in [0.25, 0.3) is 0 Å². The summed E-state index contributed by atoms with van der Waals surface area (Å²) in [5.74, 6) is -1.55. The molecule has 120 valence electrons. The molecule has 1 fully saturated rings. The molecule has 2 amide bonds. The summed E-state index contributed by atoms with van der Waals surface area (Å²) in [6.45, 7) is 0.508. The van der Waals surface area contributed by atoms with Crippen molar-refractivity contribution in [2.75, 3.05) is 6.54 Å². The lowest BCUT2D eigenvalue weighted by atomic mass is 10.0. The highest BCUT2D eigenvalue weighted by atomic mass is 16.4. The largest absolute Gasteiger partial charge is 0.481 e. The molecule has 0 spiro atoms. The Morgan fingerprint density at radius 2 is 1.81 bits per heavy atom. The number of aliphatic carboxylic acids is 2. The standard InChI is InChI=1S/C14H24N2O5/c17-12(18)8-7-11(13(19)20)16-14(21)15-9-3-6-10-4-1-2-5-10/h10-11H,1-9H2,(H,17,18)(H,19,20)(H2,15,16,21). The van der Waals surface area contributed by atoms with Gasteiger partial charge in [0, 0.05) is 13.0 Å². The fraction of sp³-hybridized carbons (Fsp3) is 0.786. The van der Waals surface area contributed by atoms with Crippen molar-refractivity contribution in [2.45, 2.75) is 57.4 Å². The zero-order valence-electron chi connectivity index (χ0n) is 12.1. The summed E-state index contributed by atoms with van der Waals surface area (Å²) in [6, 6.07) is -1.73. The van der Waals surface area contributed by atoms with Crippen LogP contribution in [0.1, 0.15) is 51.4 Å². The van der Waals surface area contributed by atoms with Crippen LogP contribution in [-0.4, -0.2) is 40.8 Å². The third kappa shape index (κ3) is 7.53. The smallest absolute Gasteiger partial charge is 0.326 e. The van der Waals surface area contributed by atoms with Crippen LogP contribution in [0.5, 0.6) is 0 Å². The topological polar surface area (TPSA) is 116 Å². The zero-order valence-corrected chi connectivity index (χ0v) is 12.1. The summed E-state index contributed by atoms with van der Waals surface area (Å²) in [4.78, 5) is 32.9. The Kier molecular flexibility index (Phi) is 7.56. The minimum absolute atomic E-state index is 0.125. The van der Waals surface area contributed by atoms with E-state index in [-0.39, 0.29) is 12.8 Å². The Balaban J connectivity index is 2.16. The van der Waals surface area contributed by atoms with Crippen molar-refractivity contribution in [2.24, 2.45) is 5.92 Å². The number of rotatable bonds is 9. The van der Waals surface area contributed by atoms with E-state index in [0.29, 0.717) is 6.54 Å². The van der Waals surface area contributed by atoms with Gasteiger partial charge in [0.15, 0.2) is 0 Å². The van der Waals surface area contributed by atoms with E-state index in [1.807, 2.05) is 0 Å². The van der Waals surface area contributed by atoms with Crippen molar-refractivity contribution < 1.29 is 24.6 Å². The van der Waals surface area contributed by atoms with E-state index in [1.165, 1.54) is 25.7 Å². The lowest BCUT2D eigenvalue weighted by Crippen LogP contribution is -2.46.